The molecule has 0 aliphatic heterocycles. The Morgan fingerprint density at radius 1 is 1.10 bits per heavy atom. The van der Waals surface area contributed by atoms with Gasteiger partial charge in [0.25, 0.3) is 0 Å². The summed E-state index contributed by atoms with van der Waals surface area (Å²) in [6.07, 6.45) is 4.91. The number of carbonyl (C=O) groups is 3. The summed E-state index contributed by atoms with van der Waals surface area (Å²) in [6.45, 7) is 3.87. The van der Waals surface area contributed by atoms with Gasteiger partial charge in [-0.1, -0.05) is 6.58 Å². The molecule has 0 unspecified atom stereocenters. The Hall–Kier alpha value is -1.85. The van der Waals surface area contributed by atoms with Crippen molar-refractivity contribution in [2.75, 3.05) is 13.2 Å². The third-order valence-corrected chi connectivity index (χ3v) is 4.03. The van der Waals surface area contributed by atoms with Gasteiger partial charge in [0.2, 0.25) is 0 Å². The summed E-state index contributed by atoms with van der Waals surface area (Å²) in [7, 11) is 0. The lowest BCUT2D eigenvalue weighted by Gasteiger charge is -2.26. The van der Waals surface area contributed by atoms with E-state index in [4.69, 9.17) is 9.47 Å². The van der Waals surface area contributed by atoms with Crippen LogP contribution in [-0.2, 0) is 28.6 Å². The van der Waals surface area contributed by atoms with Gasteiger partial charge in [0.15, 0.2) is 13.2 Å². The largest absolute Gasteiger partial charge is 0.457 e. The summed E-state index contributed by atoms with van der Waals surface area (Å²) in [5.74, 6) is -1.33. The maximum atomic E-state index is 11.7. The minimum Gasteiger partial charge on any atom is -0.457 e. The van der Waals surface area contributed by atoms with Crippen LogP contribution in [-0.4, -0.2) is 36.7 Å². The van der Waals surface area contributed by atoms with Crippen molar-refractivity contribution in [3.63, 3.8) is 0 Å². The lowest BCUT2D eigenvalue weighted by atomic mass is 9.97. The molecule has 2 fully saturated rings. The second kappa shape index (κ2) is 6.28. The van der Waals surface area contributed by atoms with Crippen molar-refractivity contribution in [1.82, 2.24) is 0 Å². The van der Waals surface area contributed by atoms with Crippen LogP contribution >= 0.6 is 0 Å². The van der Waals surface area contributed by atoms with E-state index in [0.29, 0.717) is 5.92 Å². The summed E-state index contributed by atoms with van der Waals surface area (Å²) in [5.41, 5.74) is -0.140. The summed E-state index contributed by atoms with van der Waals surface area (Å²) >= 11 is 0. The van der Waals surface area contributed by atoms with E-state index < -0.39 is 31.1 Å². The van der Waals surface area contributed by atoms with Crippen molar-refractivity contribution in [3.05, 3.63) is 12.2 Å². The Kier molecular flexibility index (Phi) is 4.65. The lowest BCUT2D eigenvalue weighted by molar-refractivity contribution is -0.171. The molecule has 0 saturated heterocycles. The molecule has 0 aromatic heterocycles. The van der Waals surface area contributed by atoms with E-state index >= 15 is 0 Å². The molecule has 2 aliphatic rings. The molecule has 0 aromatic rings. The summed E-state index contributed by atoms with van der Waals surface area (Å²) in [4.78, 5) is 34.1. The van der Waals surface area contributed by atoms with E-state index in [0.717, 1.165) is 32.1 Å². The molecule has 6 nitrogen and oxygen atoms in total. The van der Waals surface area contributed by atoms with Gasteiger partial charge in [-0.3, -0.25) is 0 Å². The van der Waals surface area contributed by atoms with E-state index in [1.165, 1.54) is 6.92 Å². The lowest BCUT2D eigenvalue weighted by Crippen LogP contribution is -2.32. The maximum absolute atomic E-state index is 11.7. The first-order chi connectivity index (χ1) is 9.90. The van der Waals surface area contributed by atoms with Crippen molar-refractivity contribution in [3.8, 4) is 0 Å². The van der Waals surface area contributed by atoms with Gasteiger partial charge in [0.1, 0.15) is 5.60 Å². The molecule has 0 atom stereocenters. The zero-order valence-corrected chi connectivity index (χ0v) is 12.2. The molecule has 6 heteroatoms. The smallest absolute Gasteiger partial charge is 0.344 e. The highest BCUT2D eigenvalue weighted by molar-refractivity contribution is 5.88. The van der Waals surface area contributed by atoms with E-state index in [1.54, 1.807) is 0 Å². The number of ether oxygens (including phenoxy) is 3. The number of hydrogen-bond acceptors (Lipinski definition) is 6. The highest BCUT2D eigenvalue weighted by atomic mass is 16.6. The Balaban J connectivity index is 1.66. The van der Waals surface area contributed by atoms with Gasteiger partial charge in [-0.15, -0.1) is 0 Å². The molecule has 2 aliphatic carbocycles. The van der Waals surface area contributed by atoms with E-state index in [-0.39, 0.29) is 11.2 Å². The molecule has 0 spiro atoms. The van der Waals surface area contributed by atoms with Crippen LogP contribution in [0.15, 0.2) is 12.2 Å². The molecule has 0 heterocycles. The molecule has 0 aromatic carbocycles. The van der Waals surface area contributed by atoms with Crippen LogP contribution in [0.3, 0.4) is 0 Å². The van der Waals surface area contributed by atoms with E-state index in [1.807, 2.05) is 0 Å². The molecule has 0 radical (unpaired) electrons. The van der Waals surface area contributed by atoms with Crippen molar-refractivity contribution >= 4 is 17.9 Å². The predicted octanol–water partition coefficient (Wildman–Crippen LogP) is 1.52. The number of hydrogen-bond donors (Lipinski definition) is 0. The van der Waals surface area contributed by atoms with Crippen LogP contribution in [0.25, 0.3) is 0 Å². The van der Waals surface area contributed by atoms with E-state index in [9.17, 15) is 14.4 Å². The molecular formula is C15H20O6. The summed E-state index contributed by atoms with van der Waals surface area (Å²) in [6, 6.07) is 0. The fourth-order valence-corrected chi connectivity index (χ4v) is 2.98. The molecular weight excluding hydrogens is 276 g/mol. The van der Waals surface area contributed by atoms with Crippen LogP contribution < -0.4 is 0 Å². The molecule has 116 valence electrons. The van der Waals surface area contributed by atoms with Gasteiger partial charge in [-0.2, -0.15) is 0 Å². The maximum Gasteiger partial charge on any atom is 0.344 e. The second-order valence-corrected chi connectivity index (χ2v) is 5.82. The first-order valence-corrected chi connectivity index (χ1v) is 7.10. The van der Waals surface area contributed by atoms with Gasteiger partial charge in [-0.05, 0) is 44.9 Å². The highest BCUT2D eigenvalue weighted by Crippen LogP contribution is 2.49. The molecule has 21 heavy (non-hydrogen) atoms. The van der Waals surface area contributed by atoms with Gasteiger partial charge in [0.05, 0.1) is 0 Å². The number of rotatable bonds is 6. The minimum absolute atomic E-state index is 0.193. The van der Waals surface area contributed by atoms with Gasteiger partial charge >= 0.3 is 17.9 Å². The zero-order chi connectivity index (χ0) is 15.5. The summed E-state index contributed by atoms with van der Waals surface area (Å²) in [5, 5.41) is 0. The fraction of sp³-hybridized carbons (Fsp3) is 0.667. The Morgan fingerprint density at radius 2 is 1.71 bits per heavy atom. The summed E-state index contributed by atoms with van der Waals surface area (Å²) < 4.78 is 14.8. The fourth-order valence-electron chi connectivity index (χ4n) is 2.98. The average Bonchev–Trinajstić information content (AvgIpc) is 3.02. The first kappa shape index (κ1) is 15.5. The van der Waals surface area contributed by atoms with Gasteiger partial charge < -0.3 is 14.2 Å². The van der Waals surface area contributed by atoms with Crippen molar-refractivity contribution in [1.29, 1.82) is 0 Å². The zero-order valence-electron chi connectivity index (χ0n) is 12.2. The Bertz CT molecular complexity index is 459. The predicted molar refractivity (Wildman–Crippen MR) is 72.1 cm³/mol. The third kappa shape index (κ3) is 4.06. The Labute approximate surface area is 123 Å². The molecule has 2 rings (SSSR count). The van der Waals surface area contributed by atoms with Crippen LogP contribution in [0.4, 0.5) is 0 Å². The molecule has 2 saturated carbocycles. The highest BCUT2D eigenvalue weighted by Gasteiger charge is 2.47. The first-order valence-electron chi connectivity index (χ1n) is 7.10. The number of esters is 3. The van der Waals surface area contributed by atoms with Crippen LogP contribution in [0, 0.1) is 5.92 Å². The van der Waals surface area contributed by atoms with Crippen molar-refractivity contribution in [2.45, 2.75) is 44.6 Å². The topological polar surface area (TPSA) is 78.9 Å². The number of fused-ring (bicyclic) bond motifs is 2. The minimum atomic E-state index is -0.783. The Morgan fingerprint density at radius 3 is 2.24 bits per heavy atom. The van der Waals surface area contributed by atoms with E-state index in [2.05, 4.69) is 11.3 Å². The standard InChI is InChI=1S/C15H20O6/c1-10(2)14(18)20-8-12(16)19-9-13(17)21-15-5-3-11(7-15)4-6-15/h11H,1,3-9H2,2H3. The van der Waals surface area contributed by atoms with Crippen molar-refractivity contribution in [2.24, 2.45) is 5.92 Å². The van der Waals surface area contributed by atoms with Gasteiger partial charge in [0, 0.05) is 5.57 Å². The normalized spacial score (nSPS) is 26.2. The van der Waals surface area contributed by atoms with Gasteiger partial charge in [-0.25, -0.2) is 14.4 Å². The van der Waals surface area contributed by atoms with Crippen LogP contribution in [0.2, 0.25) is 0 Å². The third-order valence-electron chi connectivity index (χ3n) is 4.03. The number of carbonyl (C=O) groups excluding carboxylic acids is 3. The molecule has 0 N–H and O–H groups in total. The monoisotopic (exact) mass is 296 g/mol. The van der Waals surface area contributed by atoms with Crippen LogP contribution in [0.5, 0.6) is 0 Å². The quantitative estimate of drug-likeness (QED) is 0.420. The van der Waals surface area contributed by atoms with Crippen molar-refractivity contribution < 1.29 is 28.6 Å². The molecule has 0 amide bonds. The van der Waals surface area contributed by atoms with Crippen LogP contribution in [0.1, 0.15) is 39.0 Å². The SMILES string of the molecule is C=C(C)C(=O)OCC(=O)OCC(=O)OC12CCC(CC1)C2. The average molecular weight is 296 g/mol. The second-order valence-electron chi connectivity index (χ2n) is 5.82. The molecule has 2 bridgehead atoms.